The first-order valence-electron chi connectivity index (χ1n) is 11.1. The number of aryl methyl sites for hydroxylation is 2. The predicted octanol–water partition coefficient (Wildman–Crippen LogP) is 3.59. The van der Waals surface area contributed by atoms with Crippen LogP contribution in [-0.2, 0) is 19.4 Å². The van der Waals surface area contributed by atoms with E-state index in [9.17, 15) is 14.4 Å². The van der Waals surface area contributed by atoms with Crippen molar-refractivity contribution in [3.05, 3.63) is 78.8 Å². The molecule has 9 heteroatoms. The van der Waals surface area contributed by atoms with Crippen molar-refractivity contribution < 1.29 is 19.0 Å². The summed E-state index contributed by atoms with van der Waals surface area (Å²) >= 11 is 1.49. The van der Waals surface area contributed by atoms with E-state index in [1.165, 1.54) is 30.1 Å². The minimum atomic E-state index is -0.496. The first kappa shape index (κ1) is 22.9. The van der Waals surface area contributed by atoms with E-state index in [0.29, 0.717) is 44.3 Å². The number of aromatic nitrogens is 2. The van der Waals surface area contributed by atoms with E-state index >= 15 is 0 Å². The molecule has 0 saturated carbocycles. The summed E-state index contributed by atoms with van der Waals surface area (Å²) in [6, 6.07) is 10.1. The van der Waals surface area contributed by atoms with Gasteiger partial charge in [-0.2, -0.15) is 0 Å². The highest BCUT2D eigenvalue weighted by molar-refractivity contribution is 7.18. The number of thiophene rings is 1. The molecule has 0 amide bonds. The molecule has 0 unspecified atom stereocenters. The van der Waals surface area contributed by atoms with Crippen molar-refractivity contribution in [2.45, 2.75) is 25.8 Å². The molecular formula is C26H24N2O6S. The second-order valence-corrected chi connectivity index (χ2v) is 9.36. The van der Waals surface area contributed by atoms with Crippen LogP contribution in [0, 0.1) is 0 Å². The molecule has 2 aromatic carbocycles. The van der Waals surface area contributed by atoms with Gasteiger partial charge in [-0.15, -0.1) is 11.3 Å². The summed E-state index contributed by atoms with van der Waals surface area (Å²) in [6.07, 6.45) is 3.42. The van der Waals surface area contributed by atoms with Crippen molar-refractivity contribution in [2.75, 3.05) is 21.3 Å². The maximum Gasteiger partial charge on any atom is 0.337 e. The summed E-state index contributed by atoms with van der Waals surface area (Å²) in [5, 5.41) is 0.561. The third kappa shape index (κ3) is 3.72. The van der Waals surface area contributed by atoms with Gasteiger partial charge in [-0.05, 0) is 55.2 Å². The van der Waals surface area contributed by atoms with Gasteiger partial charge in [-0.25, -0.2) is 9.36 Å². The Morgan fingerprint density at radius 1 is 0.971 bits per heavy atom. The van der Waals surface area contributed by atoms with E-state index in [1.54, 1.807) is 48.1 Å². The van der Waals surface area contributed by atoms with Gasteiger partial charge in [0, 0.05) is 22.1 Å². The van der Waals surface area contributed by atoms with Crippen molar-refractivity contribution in [2.24, 2.45) is 0 Å². The largest absolute Gasteiger partial charge is 0.497 e. The van der Waals surface area contributed by atoms with E-state index < -0.39 is 5.69 Å². The zero-order valence-corrected chi connectivity index (χ0v) is 20.4. The van der Waals surface area contributed by atoms with Crippen LogP contribution in [0.3, 0.4) is 0 Å². The summed E-state index contributed by atoms with van der Waals surface area (Å²) in [5.74, 6) is 1.45. The number of benzene rings is 2. The molecule has 1 aliphatic carbocycles. The van der Waals surface area contributed by atoms with Gasteiger partial charge in [0.05, 0.1) is 38.9 Å². The fourth-order valence-corrected chi connectivity index (χ4v) is 6.07. The summed E-state index contributed by atoms with van der Waals surface area (Å²) in [5.41, 5.74) is 1.64. The number of nitrogens with zero attached hydrogens (tertiary/aromatic N) is 2. The number of hydrogen-bond donors (Lipinski definition) is 0. The zero-order valence-electron chi connectivity index (χ0n) is 19.6. The fraction of sp³-hybridized carbons (Fsp3) is 0.269. The molecular weight excluding hydrogens is 468 g/mol. The van der Waals surface area contributed by atoms with Crippen LogP contribution in [-0.4, -0.2) is 36.7 Å². The van der Waals surface area contributed by atoms with E-state index in [-0.39, 0.29) is 12.1 Å². The third-order valence-electron chi connectivity index (χ3n) is 6.38. The van der Waals surface area contributed by atoms with Crippen molar-refractivity contribution in [1.82, 2.24) is 9.13 Å². The van der Waals surface area contributed by atoms with Gasteiger partial charge in [0.25, 0.3) is 5.56 Å². The van der Waals surface area contributed by atoms with Crippen molar-refractivity contribution in [1.29, 1.82) is 0 Å². The molecule has 8 nitrogen and oxygen atoms in total. The minimum absolute atomic E-state index is 0.137. The normalized spacial score (nSPS) is 12.5. The second kappa shape index (κ2) is 9.07. The molecule has 4 aromatic rings. The Labute approximate surface area is 204 Å². The predicted molar refractivity (Wildman–Crippen MR) is 134 cm³/mol. The monoisotopic (exact) mass is 492 g/mol. The Morgan fingerprint density at radius 2 is 1.77 bits per heavy atom. The summed E-state index contributed by atoms with van der Waals surface area (Å²) in [7, 11) is 4.56. The lowest BCUT2D eigenvalue weighted by molar-refractivity contribution is 0.112. The average Bonchev–Trinajstić information content (AvgIpc) is 3.48. The Balaban J connectivity index is 1.83. The quantitative estimate of drug-likeness (QED) is 0.367. The van der Waals surface area contributed by atoms with Crippen LogP contribution in [0.4, 0.5) is 0 Å². The molecule has 0 saturated heterocycles. The molecule has 0 atom stereocenters. The molecule has 1 aliphatic rings. The zero-order chi connectivity index (χ0) is 24.7. The van der Waals surface area contributed by atoms with E-state index in [4.69, 9.17) is 14.2 Å². The lowest BCUT2D eigenvalue weighted by atomic mass is 10.1. The van der Waals surface area contributed by atoms with Crippen molar-refractivity contribution in [3.63, 3.8) is 0 Å². The first-order valence-corrected chi connectivity index (χ1v) is 12.0. The Kier molecular flexibility index (Phi) is 5.94. The van der Waals surface area contributed by atoms with Crippen LogP contribution in [0.2, 0.25) is 0 Å². The Morgan fingerprint density at radius 3 is 2.49 bits per heavy atom. The molecule has 35 heavy (non-hydrogen) atoms. The van der Waals surface area contributed by atoms with Crippen LogP contribution in [0.25, 0.3) is 15.9 Å². The number of rotatable bonds is 7. The Hall–Kier alpha value is -3.85. The summed E-state index contributed by atoms with van der Waals surface area (Å²) in [6.45, 7) is 0.137. The number of aldehydes is 1. The molecule has 2 heterocycles. The van der Waals surface area contributed by atoms with Gasteiger partial charge in [-0.1, -0.05) is 0 Å². The molecule has 0 aliphatic heterocycles. The molecule has 0 bridgehead atoms. The van der Waals surface area contributed by atoms with Crippen LogP contribution in [0.1, 0.15) is 32.8 Å². The number of carbonyl (C=O) groups is 1. The van der Waals surface area contributed by atoms with Crippen LogP contribution in [0.15, 0.2) is 46.0 Å². The van der Waals surface area contributed by atoms with Gasteiger partial charge in [0.2, 0.25) is 0 Å². The summed E-state index contributed by atoms with van der Waals surface area (Å²) in [4.78, 5) is 41.0. The SMILES string of the molecule is COc1ccc(-n2c(=O)c3c4c(sc3n(Cc3cc(C=O)ccc3OC)c2=O)CCC4)c(OC)c1. The van der Waals surface area contributed by atoms with E-state index in [0.717, 1.165) is 36.0 Å². The lowest BCUT2D eigenvalue weighted by Crippen LogP contribution is -2.39. The highest BCUT2D eigenvalue weighted by atomic mass is 32.1. The number of carbonyl (C=O) groups excluding carboxylic acids is 1. The highest BCUT2D eigenvalue weighted by Gasteiger charge is 2.26. The van der Waals surface area contributed by atoms with Gasteiger partial charge in [0.1, 0.15) is 28.4 Å². The van der Waals surface area contributed by atoms with Crippen LogP contribution >= 0.6 is 11.3 Å². The molecule has 5 rings (SSSR count). The van der Waals surface area contributed by atoms with Gasteiger partial charge in [0.15, 0.2) is 0 Å². The smallest absolute Gasteiger partial charge is 0.337 e. The highest BCUT2D eigenvalue weighted by Crippen LogP contribution is 2.36. The Bertz CT molecular complexity index is 1580. The number of fused-ring (bicyclic) bond motifs is 3. The minimum Gasteiger partial charge on any atom is -0.497 e. The third-order valence-corrected chi connectivity index (χ3v) is 7.70. The van der Waals surface area contributed by atoms with Crippen LogP contribution < -0.4 is 25.5 Å². The van der Waals surface area contributed by atoms with Crippen LogP contribution in [0.5, 0.6) is 17.2 Å². The molecule has 0 fully saturated rings. The van der Waals surface area contributed by atoms with Gasteiger partial charge >= 0.3 is 5.69 Å². The average molecular weight is 493 g/mol. The first-order chi connectivity index (χ1) is 17.0. The molecule has 0 spiro atoms. The lowest BCUT2D eigenvalue weighted by Gasteiger charge is -2.16. The number of methoxy groups -OCH3 is 3. The maximum absolute atomic E-state index is 13.9. The van der Waals surface area contributed by atoms with Gasteiger partial charge < -0.3 is 14.2 Å². The van der Waals surface area contributed by atoms with Crippen molar-refractivity contribution >= 4 is 27.8 Å². The molecule has 180 valence electrons. The maximum atomic E-state index is 13.9. The van der Waals surface area contributed by atoms with Gasteiger partial charge in [-0.3, -0.25) is 14.2 Å². The standard InChI is InChI=1S/C26H24N2O6S/c1-32-17-8-9-19(21(12-17)34-3)28-24(30)23-18-5-4-6-22(18)35-25(23)27(26(28)31)13-16-11-15(14-29)7-10-20(16)33-2/h7-12,14H,4-6,13H2,1-3H3. The molecule has 2 aromatic heterocycles. The van der Waals surface area contributed by atoms with E-state index in [1.807, 2.05) is 0 Å². The number of ether oxygens (including phenoxy) is 3. The van der Waals surface area contributed by atoms with Crippen molar-refractivity contribution in [3.8, 4) is 22.9 Å². The fourth-order valence-electron chi connectivity index (χ4n) is 4.69. The summed E-state index contributed by atoms with van der Waals surface area (Å²) < 4.78 is 19.1. The van der Waals surface area contributed by atoms with E-state index in [2.05, 4.69) is 0 Å². The second-order valence-electron chi connectivity index (χ2n) is 8.27. The molecule has 0 radical (unpaired) electrons. The number of hydrogen-bond acceptors (Lipinski definition) is 7. The topological polar surface area (TPSA) is 88.8 Å². The molecule has 0 N–H and O–H groups in total.